The molecule has 0 aliphatic rings. The molecule has 0 spiro atoms. The van der Waals surface area contributed by atoms with Crippen molar-refractivity contribution in [3.63, 3.8) is 0 Å². The van der Waals surface area contributed by atoms with Crippen molar-refractivity contribution in [1.82, 2.24) is 4.90 Å². The standard InChI is InChI=1S/C19H23FN2O4S/c1-15(23)22(13-12-21(2)3)14-16-6-4-5-7-19(16)26-27(24,25)18-10-8-17(20)9-11-18/h4-11H,12-14H2,1-3H3/p+1. The van der Waals surface area contributed by atoms with E-state index in [0.29, 0.717) is 12.1 Å². The summed E-state index contributed by atoms with van der Waals surface area (Å²) in [5.41, 5.74) is 0.576. The Morgan fingerprint density at radius 3 is 2.33 bits per heavy atom. The van der Waals surface area contributed by atoms with Gasteiger partial charge in [-0.1, -0.05) is 18.2 Å². The van der Waals surface area contributed by atoms with E-state index in [1.807, 2.05) is 14.1 Å². The smallest absolute Gasteiger partial charge is 0.339 e. The summed E-state index contributed by atoms with van der Waals surface area (Å²) in [7, 11) is -0.127. The monoisotopic (exact) mass is 395 g/mol. The first-order valence-corrected chi connectivity index (χ1v) is 9.92. The molecule has 0 atom stereocenters. The van der Waals surface area contributed by atoms with Crippen LogP contribution < -0.4 is 9.08 Å². The van der Waals surface area contributed by atoms with Gasteiger partial charge in [0.05, 0.1) is 27.2 Å². The molecule has 0 saturated heterocycles. The van der Waals surface area contributed by atoms with Crippen LogP contribution in [-0.4, -0.2) is 46.4 Å². The molecular weight excluding hydrogens is 371 g/mol. The molecule has 1 amide bonds. The number of likely N-dealkylation sites (N-methyl/N-ethyl adjacent to an activating group) is 1. The van der Waals surface area contributed by atoms with E-state index in [4.69, 9.17) is 4.18 Å². The molecule has 146 valence electrons. The average Bonchev–Trinajstić information content (AvgIpc) is 2.59. The lowest BCUT2D eigenvalue weighted by Crippen LogP contribution is -3.06. The van der Waals surface area contributed by atoms with Crippen LogP contribution in [0.15, 0.2) is 53.4 Å². The zero-order chi connectivity index (χ0) is 20.0. The van der Waals surface area contributed by atoms with E-state index in [1.165, 1.54) is 17.9 Å². The van der Waals surface area contributed by atoms with Gasteiger partial charge < -0.3 is 14.0 Å². The molecule has 0 radical (unpaired) electrons. The molecule has 2 aromatic rings. The lowest BCUT2D eigenvalue weighted by Gasteiger charge is -2.23. The van der Waals surface area contributed by atoms with E-state index < -0.39 is 15.9 Å². The Kier molecular flexibility index (Phi) is 6.92. The van der Waals surface area contributed by atoms with E-state index in [-0.39, 0.29) is 23.1 Å². The SMILES string of the molecule is CC(=O)N(CC[NH+](C)C)Cc1ccccc1OS(=O)(=O)c1ccc(F)cc1. The summed E-state index contributed by atoms with van der Waals surface area (Å²) in [6, 6.07) is 11.1. The van der Waals surface area contributed by atoms with E-state index in [1.54, 1.807) is 23.1 Å². The fourth-order valence-corrected chi connectivity index (χ4v) is 3.36. The normalized spacial score (nSPS) is 11.4. The lowest BCUT2D eigenvalue weighted by molar-refractivity contribution is -0.857. The highest BCUT2D eigenvalue weighted by molar-refractivity contribution is 7.87. The molecular formula is C19H24FN2O4S+. The first-order chi connectivity index (χ1) is 12.7. The Labute approximate surface area is 159 Å². The third-order valence-corrected chi connectivity index (χ3v) is 5.21. The molecule has 1 N–H and O–H groups in total. The third-order valence-electron chi connectivity index (χ3n) is 3.96. The summed E-state index contributed by atoms with van der Waals surface area (Å²) in [5, 5.41) is 0. The minimum Gasteiger partial charge on any atom is -0.379 e. The first-order valence-electron chi connectivity index (χ1n) is 8.51. The van der Waals surface area contributed by atoms with Gasteiger partial charge in [-0.3, -0.25) is 4.79 Å². The Bertz CT molecular complexity index is 883. The van der Waals surface area contributed by atoms with Crippen molar-refractivity contribution in [2.45, 2.75) is 18.4 Å². The van der Waals surface area contributed by atoms with Crippen molar-refractivity contribution in [2.24, 2.45) is 0 Å². The van der Waals surface area contributed by atoms with Crippen LogP contribution in [0.25, 0.3) is 0 Å². The molecule has 0 fully saturated rings. The van der Waals surface area contributed by atoms with Gasteiger partial charge in [0, 0.05) is 19.0 Å². The number of nitrogens with zero attached hydrogens (tertiary/aromatic N) is 1. The van der Waals surface area contributed by atoms with Gasteiger partial charge >= 0.3 is 10.1 Å². The molecule has 0 aromatic heterocycles. The highest BCUT2D eigenvalue weighted by atomic mass is 32.2. The van der Waals surface area contributed by atoms with Gasteiger partial charge in [0.15, 0.2) is 0 Å². The van der Waals surface area contributed by atoms with E-state index in [0.717, 1.165) is 30.8 Å². The van der Waals surface area contributed by atoms with Gasteiger partial charge in [-0.25, -0.2) is 4.39 Å². The fourth-order valence-electron chi connectivity index (χ4n) is 2.40. The van der Waals surface area contributed by atoms with Crippen LogP contribution in [0.1, 0.15) is 12.5 Å². The number of halogens is 1. The van der Waals surface area contributed by atoms with Crippen LogP contribution in [-0.2, 0) is 21.5 Å². The Morgan fingerprint density at radius 1 is 1.11 bits per heavy atom. The largest absolute Gasteiger partial charge is 0.379 e. The van der Waals surface area contributed by atoms with Gasteiger partial charge in [-0.15, -0.1) is 0 Å². The van der Waals surface area contributed by atoms with Gasteiger partial charge in [0.1, 0.15) is 16.5 Å². The van der Waals surface area contributed by atoms with Crippen molar-refractivity contribution >= 4 is 16.0 Å². The van der Waals surface area contributed by atoms with Crippen LogP contribution in [0.3, 0.4) is 0 Å². The number of carbonyl (C=O) groups is 1. The predicted molar refractivity (Wildman–Crippen MR) is 99.4 cm³/mol. The highest BCUT2D eigenvalue weighted by Gasteiger charge is 2.20. The Hall–Kier alpha value is -2.45. The molecule has 0 heterocycles. The number of para-hydroxylation sites is 1. The first kappa shape index (κ1) is 20.9. The second kappa shape index (κ2) is 8.96. The third kappa shape index (κ3) is 6.04. The summed E-state index contributed by atoms with van der Waals surface area (Å²) < 4.78 is 43.3. The number of hydrogen-bond acceptors (Lipinski definition) is 4. The molecule has 0 unspecified atom stereocenters. The summed E-state index contributed by atoms with van der Waals surface area (Å²) in [4.78, 5) is 14.6. The van der Waals surface area contributed by atoms with E-state index >= 15 is 0 Å². The quantitative estimate of drug-likeness (QED) is 0.680. The second-order valence-corrected chi connectivity index (χ2v) is 8.04. The molecule has 0 bridgehead atoms. The van der Waals surface area contributed by atoms with Gasteiger partial charge in [0.2, 0.25) is 5.91 Å². The summed E-state index contributed by atoms with van der Waals surface area (Å²) >= 11 is 0. The molecule has 2 aromatic carbocycles. The van der Waals surface area contributed by atoms with E-state index in [2.05, 4.69) is 0 Å². The molecule has 6 nitrogen and oxygen atoms in total. The molecule has 2 rings (SSSR count). The lowest BCUT2D eigenvalue weighted by atomic mass is 10.2. The van der Waals surface area contributed by atoms with Crippen LogP contribution in [0, 0.1) is 5.82 Å². The van der Waals surface area contributed by atoms with Crippen LogP contribution in [0.4, 0.5) is 4.39 Å². The molecule has 0 aliphatic carbocycles. The van der Waals surface area contributed by atoms with Gasteiger partial charge in [-0.2, -0.15) is 8.42 Å². The predicted octanol–water partition coefficient (Wildman–Crippen LogP) is 1.09. The maximum Gasteiger partial charge on any atom is 0.339 e. The minimum absolute atomic E-state index is 0.104. The number of nitrogens with one attached hydrogen (secondary N) is 1. The topological polar surface area (TPSA) is 68.1 Å². The van der Waals surface area contributed by atoms with E-state index in [9.17, 15) is 17.6 Å². The van der Waals surface area contributed by atoms with Crippen molar-refractivity contribution in [2.75, 3.05) is 27.2 Å². The number of carbonyl (C=O) groups excluding carboxylic acids is 1. The molecule has 27 heavy (non-hydrogen) atoms. The number of amides is 1. The summed E-state index contributed by atoms with van der Waals surface area (Å²) in [6.07, 6.45) is 0. The van der Waals surface area contributed by atoms with Gasteiger partial charge in [0.25, 0.3) is 0 Å². The number of benzene rings is 2. The minimum atomic E-state index is -4.11. The summed E-state index contributed by atoms with van der Waals surface area (Å²) in [6.45, 7) is 3.01. The molecule has 0 saturated carbocycles. The number of quaternary nitrogens is 1. The van der Waals surface area contributed by atoms with Gasteiger partial charge in [-0.05, 0) is 30.3 Å². The number of hydrogen-bond donors (Lipinski definition) is 1. The zero-order valence-electron chi connectivity index (χ0n) is 15.6. The number of rotatable bonds is 8. The van der Waals surface area contributed by atoms with Crippen LogP contribution >= 0.6 is 0 Å². The average molecular weight is 395 g/mol. The molecule has 8 heteroatoms. The van der Waals surface area contributed by atoms with Crippen molar-refractivity contribution in [3.8, 4) is 5.75 Å². The molecule has 0 aliphatic heterocycles. The maximum absolute atomic E-state index is 13.0. The van der Waals surface area contributed by atoms with Crippen molar-refractivity contribution in [1.29, 1.82) is 0 Å². The zero-order valence-corrected chi connectivity index (χ0v) is 16.4. The van der Waals surface area contributed by atoms with Crippen molar-refractivity contribution in [3.05, 3.63) is 59.9 Å². The Morgan fingerprint density at radius 2 is 1.74 bits per heavy atom. The Balaban J connectivity index is 2.24. The van der Waals surface area contributed by atoms with Crippen molar-refractivity contribution < 1.29 is 26.7 Å². The fraction of sp³-hybridized carbons (Fsp3) is 0.316. The second-order valence-electron chi connectivity index (χ2n) is 6.50. The maximum atomic E-state index is 13.0. The van der Waals surface area contributed by atoms with Crippen LogP contribution in [0.2, 0.25) is 0 Å². The summed E-state index contributed by atoms with van der Waals surface area (Å²) in [5.74, 6) is -0.493. The van der Waals surface area contributed by atoms with Crippen LogP contribution in [0.5, 0.6) is 5.75 Å². The highest BCUT2D eigenvalue weighted by Crippen LogP contribution is 2.24.